The fourth-order valence-corrected chi connectivity index (χ4v) is 1.42. The number of nitrogens with two attached hydrogens (primary N) is 1. The molecule has 0 unspecified atom stereocenters. The summed E-state index contributed by atoms with van der Waals surface area (Å²) in [6.45, 7) is 0. The summed E-state index contributed by atoms with van der Waals surface area (Å²) in [7, 11) is 0. The molecule has 0 bridgehead atoms. The molecule has 0 aliphatic heterocycles. The van der Waals surface area contributed by atoms with Gasteiger partial charge in [0.05, 0.1) is 0 Å². The molecule has 0 heterocycles. The van der Waals surface area contributed by atoms with Crippen molar-refractivity contribution >= 4 is 5.78 Å². The van der Waals surface area contributed by atoms with Gasteiger partial charge < -0.3 is 5.73 Å². The minimum atomic E-state index is -0.120. The maximum atomic E-state index is 10.9. The summed E-state index contributed by atoms with van der Waals surface area (Å²) in [5, 5.41) is 0. The number of Topliss-reactive ketones (excluding diaryl/α,β-unsaturated/α-hetero) is 1. The van der Waals surface area contributed by atoms with E-state index in [1.807, 2.05) is 0 Å². The van der Waals surface area contributed by atoms with Crippen molar-refractivity contribution in [1.29, 1.82) is 0 Å². The molecule has 10 heavy (non-hydrogen) atoms. The van der Waals surface area contributed by atoms with Crippen LogP contribution in [0.25, 0.3) is 0 Å². The van der Waals surface area contributed by atoms with E-state index in [0.29, 0.717) is 0 Å². The van der Waals surface area contributed by atoms with Crippen LogP contribution in [-0.4, -0.2) is 11.8 Å². The van der Waals surface area contributed by atoms with Gasteiger partial charge in [-0.1, -0.05) is 6.42 Å². The van der Waals surface area contributed by atoms with E-state index in [2.05, 4.69) is 5.92 Å². The average Bonchev–Trinajstić information content (AvgIpc) is 2.34. The van der Waals surface area contributed by atoms with Gasteiger partial charge in [-0.25, -0.2) is 0 Å². The fraction of sp³-hybridized carbons (Fsp3) is 0.625. The third-order valence-corrected chi connectivity index (χ3v) is 2.05. The Hall–Kier alpha value is -0.810. The molecule has 1 saturated carbocycles. The summed E-state index contributed by atoms with van der Waals surface area (Å²) in [6.07, 6.45) is 7.82. The molecule has 0 spiro atoms. The lowest BCUT2D eigenvalue weighted by atomic mass is 10.00. The molecule has 1 aliphatic carbocycles. The highest BCUT2D eigenvalue weighted by Crippen LogP contribution is 2.24. The quantitative estimate of drug-likeness (QED) is 0.417. The van der Waals surface area contributed by atoms with Crippen LogP contribution < -0.4 is 5.73 Å². The summed E-state index contributed by atoms with van der Waals surface area (Å²) < 4.78 is 0. The van der Waals surface area contributed by atoms with E-state index < -0.39 is 0 Å². The normalized spacial score (nSPS) is 31.6. The van der Waals surface area contributed by atoms with E-state index in [9.17, 15) is 4.79 Å². The van der Waals surface area contributed by atoms with Crippen molar-refractivity contribution in [3.05, 3.63) is 0 Å². The van der Waals surface area contributed by atoms with E-state index in [1.54, 1.807) is 0 Å². The minimum absolute atomic E-state index is 0.0172. The highest BCUT2D eigenvalue weighted by atomic mass is 16.1. The fourth-order valence-electron chi connectivity index (χ4n) is 1.42. The van der Waals surface area contributed by atoms with Gasteiger partial charge in [0, 0.05) is 12.0 Å². The zero-order chi connectivity index (χ0) is 7.56. The van der Waals surface area contributed by atoms with Crippen molar-refractivity contribution in [3.8, 4) is 12.3 Å². The van der Waals surface area contributed by atoms with Gasteiger partial charge >= 0.3 is 0 Å². The second-order valence-electron chi connectivity index (χ2n) is 2.71. The predicted molar refractivity (Wildman–Crippen MR) is 39.2 cm³/mol. The lowest BCUT2D eigenvalue weighted by Gasteiger charge is -2.08. The molecule has 1 fully saturated rings. The van der Waals surface area contributed by atoms with Gasteiger partial charge in [-0.3, -0.25) is 4.79 Å². The topological polar surface area (TPSA) is 43.1 Å². The number of rotatable bonds is 1. The lowest BCUT2D eigenvalue weighted by molar-refractivity contribution is -0.117. The highest BCUT2D eigenvalue weighted by molar-refractivity contribution is 5.97. The zero-order valence-corrected chi connectivity index (χ0v) is 5.84. The molecule has 2 nitrogen and oxygen atoms in total. The Bertz CT molecular complexity index is 180. The van der Waals surface area contributed by atoms with Crippen LogP contribution in [0.3, 0.4) is 0 Å². The molecule has 0 saturated heterocycles. The zero-order valence-electron chi connectivity index (χ0n) is 5.84. The Labute approximate surface area is 60.8 Å². The number of carbonyl (C=O) groups excluding carboxylic acids is 1. The lowest BCUT2D eigenvalue weighted by Crippen LogP contribution is -2.29. The second-order valence-corrected chi connectivity index (χ2v) is 2.71. The Morgan fingerprint density at radius 2 is 2.30 bits per heavy atom. The van der Waals surface area contributed by atoms with Crippen molar-refractivity contribution in [1.82, 2.24) is 0 Å². The first kappa shape index (κ1) is 7.30. The second kappa shape index (κ2) is 2.85. The van der Waals surface area contributed by atoms with E-state index in [-0.39, 0.29) is 17.7 Å². The third-order valence-electron chi connectivity index (χ3n) is 2.05. The van der Waals surface area contributed by atoms with Gasteiger partial charge in [0.1, 0.15) is 0 Å². The maximum absolute atomic E-state index is 10.9. The third kappa shape index (κ3) is 1.19. The summed E-state index contributed by atoms with van der Waals surface area (Å²) in [5.41, 5.74) is 5.64. The number of terminal acetylenes is 1. The Morgan fingerprint density at radius 1 is 1.60 bits per heavy atom. The van der Waals surface area contributed by atoms with Gasteiger partial charge in [0.25, 0.3) is 0 Å². The average molecular weight is 137 g/mol. The van der Waals surface area contributed by atoms with Crippen LogP contribution in [0.2, 0.25) is 0 Å². The molecule has 54 valence electrons. The summed E-state index contributed by atoms with van der Waals surface area (Å²) in [6, 6.07) is 0.0172. The molecule has 2 heteroatoms. The Morgan fingerprint density at radius 3 is 2.70 bits per heavy atom. The number of hydrogen-bond donors (Lipinski definition) is 1. The number of carbonyl (C=O) groups is 1. The van der Waals surface area contributed by atoms with Crippen LogP contribution in [-0.2, 0) is 4.79 Å². The summed E-state index contributed by atoms with van der Waals surface area (Å²) in [4.78, 5) is 10.9. The van der Waals surface area contributed by atoms with E-state index >= 15 is 0 Å². The smallest absolute Gasteiger partial charge is 0.209 e. The number of hydrogen-bond acceptors (Lipinski definition) is 2. The van der Waals surface area contributed by atoms with Crippen LogP contribution in [0.15, 0.2) is 0 Å². The van der Waals surface area contributed by atoms with Gasteiger partial charge in [-0.15, -0.1) is 6.42 Å². The van der Waals surface area contributed by atoms with E-state index in [4.69, 9.17) is 12.2 Å². The Kier molecular flexibility index (Phi) is 2.08. The van der Waals surface area contributed by atoms with Crippen molar-refractivity contribution in [2.45, 2.75) is 25.3 Å². The summed E-state index contributed by atoms with van der Waals surface area (Å²) in [5.74, 6) is 1.95. The highest BCUT2D eigenvalue weighted by Gasteiger charge is 2.28. The first-order chi connectivity index (χ1) is 4.75. The molecule has 0 amide bonds. The Balaban J connectivity index is 2.57. The molecule has 1 rings (SSSR count). The molecule has 1 aliphatic rings. The molecule has 0 aromatic heterocycles. The molecule has 0 aromatic carbocycles. The van der Waals surface area contributed by atoms with Gasteiger partial charge in [0.15, 0.2) is 0 Å². The molecule has 0 aromatic rings. The van der Waals surface area contributed by atoms with Crippen molar-refractivity contribution in [2.75, 3.05) is 0 Å². The monoisotopic (exact) mass is 137 g/mol. The SMILES string of the molecule is C#CC(=O)[C@H]1CCC[C@H]1N. The van der Waals surface area contributed by atoms with Crippen LogP contribution in [0.1, 0.15) is 19.3 Å². The molecule has 2 N–H and O–H groups in total. The van der Waals surface area contributed by atoms with Crippen LogP contribution in [0, 0.1) is 18.3 Å². The van der Waals surface area contributed by atoms with Crippen LogP contribution >= 0.6 is 0 Å². The molecule has 0 radical (unpaired) electrons. The standard InChI is InChI=1S/C8H11NO/c1-2-8(10)6-4-3-5-7(6)9/h1,6-7H,3-5,9H2/t6-,7+/m0/s1. The molecular weight excluding hydrogens is 126 g/mol. The van der Waals surface area contributed by atoms with Gasteiger partial charge in [-0.05, 0) is 18.8 Å². The maximum Gasteiger partial charge on any atom is 0.209 e. The summed E-state index contributed by atoms with van der Waals surface area (Å²) >= 11 is 0. The molecule has 2 atom stereocenters. The van der Waals surface area contributed by atoms with Crippen LogP contribution in [0.5, 0.6) is 0 Å². The van der Waals surface area contributed by atoms with Gasteiger partial charge in [-0.2, -0.15) is 0 Å². The van der Waals surface area contributed by atoms with E-state index in [0.717, 1.165) is 19.3 Å². The van der Waals surface area contributed by atoms with Crippen molar-refractivity contribution in [2.24, 2.45) is 11.7 Å². The first-order valence-corrected chi connectivity index (χ1v) is 3.51. The van der Waals surface area contributed by atoms with E-state index in [1.165, 1.54) is 0 Å². The van der Waals surface area contributed by atoms with Crippen LogP contribution in [0.4, 0.5) is 0 Å². The van der Waals surface area contributed by atoms with Crippen molar-refractivity contribution in [3.63, 3.8) is 0 Å². The minimum Gasteiger partial charge on any atom is -0.327 e. The van der Waals surface area contributed by atoms with Crippen molar-refractivity contribution < 1.29 is 4.79 Å². The first-order valence-electron chi connectivity index (χ1n) is 3.51. The van der Waals surface area contributed by atoms with Gasteiger partial charge in [0.2, 0.25) is 5.78 Å². The molecular formula is C8H11NO. The predicted octanol–water partition coefficient (Wildman–Crippen LogP) is 0.316. The number of ketones is 1. The largest absolute Gasteiger partial charge is 0.327 e.